The van der Waals surface area contributed by atoms with Crippen molar-refractivity contribution >= 4 is 15.9 Å². The average Bonchev–Trinajstić information content (AvgIpc) is 2.73. The zero-order chi connectivity index (χ0) is 14.1. The first kappa shape index (κ1) is 13.6. The third-order valence-electron chi connectivity index (χ3n) is 3.66. The highest BCUT2D eigenvalue weighted by atomic mass is 79.9. The molecule has 0 radical (unpaired) electrons. The summed E-state index contributed by atoms with van der Waals surface area (Å²) in [5.41, 5.74) is 3.42. The Morgan fingerprint density at radius 2 is 2.30 bits per heavy atom. The van der Waals surface area contributed by atoms with Crippen molar-refractivity contribution in [1.29, 1.82) is 0 Å². The first-order chi connectivity index (χ1) is 9.70. The van der Waals surface area contributed by atoms with Crippen LogP contribution in [0, 0.1) is 0 Å². The van der Waals surface area contributed by atoms with Gasteiger partial charge in [-0.3, -0.25) is 0 Å². The number of ether oxygens (including phenoxy) is 1. The van der Waals surface area contributed by atoms with E-state index in [9.17, 15) is 0 Å². The number of aliphatic hydroxyl groups excluding tert-OH is 1. The molecular formula is C15H17BrN2O2. The molecule has 0 fully saturated rings. The monoisotopic (exact) mass is 336 g/mol. The molecule has 1 aromatic heterocycles. The Morgan fingerprint density at radius 3 is 3.10 bits per heavy atom. The van der Waals surface area contributed by atoms with Crippen molar-refractivity contribution in [1.82, 2.24) is 9.55 Å². The van der Waals surface area contributed by atoms with Crippen molar-refractivity contribution in [2.45, 2.75) is 19.3 Å². The summed E-state index contributed by atoms with van der Waals surface area (Å²) in [6.07, 6.45) is 2.68. The molecular weight excluding hydrogens is 320 g/mol. The second-order valence-electron chi connectivity index (χ2n) is 4.97. The maximum absolute atomic E-state index is 9.09. The average molecular weight is 337 g/mol. The summed E-state index contributed by atoms with van der Waals surface area (Å²) >= 11 is 3.53. The second kappa shape index (κ2) is 5.58. The minimum absolute atomic E-state index is 0.106. The number of imidazole rings is 1. The molecule has 0 saturated carbocycles. The minimum Gasteiger partial charge on any atom is -0.493 e. The van der Waals surface area contributed by atoms with Crippen LogP contribution in [-0.2, 0) is 19.9 Å². The predicted octanol–water partition coefficient (Wildman–Crippen LogP) is 2.71. The molecule has 0 atom stereocenters. The number of aliphatic hydroxyl groups is 1. The zero-order valence-electron chi connectivity index (χ0n) is 11.4. The van der Waals surface area contributed by atoms with Gasteiger partial charge in [0.05, 0.1) is 18.9 Å². The molecule has 4 nitrogen and oxygen atoms in total. The molecule has 3 rings (SSSR count). The van der Waals surface area contributed by atoms with Crippen LogP contribution in [-0.4, -0.2) is 27.9 Å². The van der Waals surface area contributed by atoms with Crippen LogP contribution in [0.5, 0.6) is 5.75 Å². The van der Waals surface area contributed by atoms with Gasteiger partial charge >= 0.3 is 0 Å². The number of nitrogens with zero attached hydrogens (tertiary/aromatic N) is 2. The van der Waals surface area contributed by atoms with Crippen LogP contribution in [0.4, 0.5) is 0 Å². The van der Waals surface area contributed by atoms with E-state index in [4.69, 9.17) is 9.84 Å². The third kappa shape index (κ3) is 2.36. The summed E-state index contributed by atoms with van der Waals surface area (Å²) < 4.78 is 8.50. The molecule has 2 heterocycles. The van der Waals surface area contributed by atoms with Gasteiger partial charge in [0, 0.05) is 19.0 Å². The highest BCUT2D eigenvalue weighted by Crippen LogP contribution is 2.33. The topological polar surface area (TPSA) is 47.3 Å². The summed E-state index contributed by atoms with van der Waals surface area (Å²) in [6, 6.07) is 6.28. The van der Waals surface area contributed by atoms with Gasteiger partial charge in [-0.1, -0.05) is 0 Å². The van der Waals surface area contributed by atoms with E-state index in [2.05, 4.69) is 33.0 Å². The van der Waals surface area contributed by atoms with Crippen LogP contribution >= 0.6 is 15.9 Å². The van der Waals surface area contributed by atoms with Gasteiger partial charge in [0.2, 0.25) is 0 Å². The van der Waals surface area contributed by atoms with Gasteiger partial charge in [-0.25, -0.2) is 4.98 Å². The van der Waals surface area contributed by atoms with Crippen LogP contribution in [0.3, 0.4) is 0 Å². The van der Waals surface area contributed by atoms with Gasteiger partial charge in [-0.05, 0) is 52.5 Å². The first-order valence-electron chi connectivity index (χ1n) is 6.78. The number of fused-ring (bicyclic) bond motifs is 1. The Hall–Kier alpha value is -1.33. The van der Waals surface area contributed by atoms with Gasteiger partial charge in [0.25, 0.3) is 0 Å². The fourth-order valence-corrected chi connectivity index (χ4v) is 3.35. The van der Waals surface area contributed by atoms with Crippen LogP contribution in [0.1, 0.15) is 17.8 Å². The first-order valence-corrected chi connectivity index (χ1v) is 7.58. The number of hydrogen-bond acceptors (Lipinski definition) is 3. The van der Waals surface area contributed by atoms with E-state index >= 15 is 0 Å². The van der Waals surface area contributed by atoms with E-state index in [0.717, 1.165) is 46.9 Å². The lowest BCUT2D eigenvalue weighted by molar-refractivity contribution is 0.288. The van der Waals surface area contributed by atoms with E-state index in [-0.39, 0.29) is 6.61 Å². The summed E-state index contributed by atoms with van der Waals surface area (Å²) in [5.74, 6) is 1.87. The van der Waals surface area contributed by atoms with Crippen molar-refractivity contribution in [3.8, 4) is 17.0 Å². The van der Waals surface area contributed by atoms with Crippen LogP contribution in [0.2, 0.25) is 0 Å². The molecule has 0 bridgehead atoms. The Labute approximate surface area is 126 Å². The number of benzene rings is 1. The number of aryl methyl sites for hydroxylation is 1. The third-order valence-corrected chi connectivity index (χ3v) is 4.22. The van der Waals surface area contributed by atoms with E-state index in [0.29, 0.717) is 6.42 Å². The number of hydrogen-bond donors (Lipinski definition) is 1. The van der Waals surface area contributed by atoms with Crippen molar-refractivity contribution in [2.24, 2.45) is 7.05 Å². The van der Waals surface area contributed by atoms with Crippen molar-refractivity contribution in [3.63, 3.8) is 0 Å². The molecule has 2 aromatic rings. The molecule has 0 saturated heterocycles. The molecule has 0 aliphatic carbocycles. The Kier molecular flexibility index (Phi) is 3.81. The molecule has 0 spiro atoms. The second-order valence-corrected chi connectivity index (χ2v) is 5.73. The fourth-order valence-electron chi connectivity index (χ4n) is 2.65. The molecule has 1 aliphatic heterocycles. The Balaban J connectivity index is 2.04. The fraction of sp³-hybridized carbons (Fsp3) is 0.400. The Bertz CT molecular complexity index is 637. The minimum atomic E-state index is 0.106. The molecule has 106 valence electrons. The maximum atomic E-state index is 9.09. The van der Waals surface area contributed by atoms with Gasteiger partial charge in [0.15, 0.2) is 0 Å². The summed E-state index contributed by atoms with van der Waals surface area (Å²) in [7, 11) is 1.98. The van der Waals surface area contributed by atoms with E-state index in [1.807, 2.05) is 17.7 Å². The smallest absolute Gasteiger partial charge is 0.132 e. The van der Waals surface area contributed by atoms with Gasteiger partial charge in [-0.2, -0.15) is 0 Å². The molecule has 0 amide bonds. The molecule has 5 heteroatoms. The largest absolute Gasteiger partial charge is 0.493 e. The lowest BCUT2D eigenvalue weighted by Gasteiger charge is -2.18. The highest BCUT2D eigenvalue weighted by molar-refractivity contribution is 9.10. The van der Waals surface area contributed by atoms with E-state index < -0.39 is 0 Å². The van der Waals surface area contributed by atoms with Crippen LogP contribution < -0.4 is 4.74 Å². The number of aromatic nitrogens is 2. The van der Waals surface area contributed by atoms with Crippen molar-refractivity contribution < 1.29 is 9.84 Å². The molecule has 1 aromatic carbocycles. The van der Waals surface area contributed by atoms with Gasteiger partial charge < -0.3 is 14.4 Å². The van der Waals surface area contributed by atoms with Crippen molar-refractivity contribution in [2.75, 3.05) is 13.2 Å². The van der Waals surface area contributed by atoms with Crippen molar-refractivity contribution in [3.05, 3.63) is 34.2 Å². The van der Waals surface area contributed by atoms with Crippen LogP contribution in [0.15, 0.2) is 22.8 Å². The van der Waals surface area contributed by atoms with E-state index in [1.54, 1.807) is 0 Å². The molecule has 20 heavy (non-hydrogen) atoms. The predicted molar refractivity (Wildman–Crippen MR) is 80.9 cm³/mol. The number of rotatable bonds is 3. The molecule has 0 unspecified atom stereocenters. The molecule has 1 aliphatic rings. The normalized spacial score (nSPS) is 13.9. The van der Waals surface area contributed by atoms with Gasteiger partial charge in [0.1, 0.15) is 16.2 Å². The lowest BCUT2D eigenvalue weighted by Crippen LogP contribution is -2.08. The number of halogens is 1. The van der Waals surface area contributed by atoms with Gasteiger partial charge in [-0.15, -0.1) is 0 Å². The summed E-state index contributed by atoms with van der Waals surface area (Å²) in [5, 5.41) is 9.09. The standard InChI is InChI=1S/C15H17BrN2O2/c1-18-13(6-7-19)17-15(16)14(18)11-4-5-12-10(9-11)3-2-8-20-12/h4-5,9,19H,2-3,6-8H2,1H3. The molecule has 1 N–H and O–H groups in total. The maximum Gasteiger partial charge on any atom is 0.132 e. The lowest BCUT2D eigenvalue weighted by atomic mass is 10.0. The SMILES string of the molecule is Cn1c(CCO)nc(Br)c1-c1ccc2c(c1)CCCO2. The summed E-state index contributed by atoms with van der Waals surface area (Å²) in [6.45, 7) is 0.914. The highest BCUT2D eigenvalue weighted by Gasteiger charge is 2.17. The van der Waals surface area contributed by atoms with Crippen LogP contribution in [0.25, 0.3) is 11.3 Å². The Morgan fingerprint density at radius 1 is 1.45 bits per heavy atom. The van der Waals surface area contributed by atoms with E-state index in [1.165, 1.54) is 5.56 Å². The quantitative estimate of drug-likeness (QED) is 0.937. The summed E-state index contributed by atoms with van der Waals surface area (Å²) in [4.78, 5) is 4.48. The zero-order valence-corrected chi connectivity index (χ0v) is 13.0.